The molecule has 0 radical (unpaired) electrons. The van der Waals surface area contributed by atoms with Crippen molar-refractivity contribution >= 4 is 61.4 Å². The molecule has 1 amide bonds. The van der Waals surface area contributed by atoms with E-state index in [4.69, 9.17) is 11.6 Å². The minimum atomic E-state index is -3.57. The molecule has 1 aliphatic rings. The Morgan fingerprint density at radius 2 is 1.70 bits per heavy atom. The molecule has 0 bridgehead atoms. The average molecular weight is 623 g/mol. The highest BCUT2D eigenvalue weighted by Gasteiger charge is 2.23. The highest BCUT2D eigenvalue weighted by atomic mass is 35.5. The van der Waals surface area contributed by atoms with Crippen LogP contribution in [0.5, 0.6) is 0 Å². The van der Waals surface area contributed by atoms with Crippen molar-refractivity contribution in [3.63, 3.8) is 0 Å². The van der Waals surface area contributed by atoms with Crippen molar-refractivity contribution in [1.82, 2.24) is 30.1 Å². The van der Waals surface area contributed by atoms with E-state index in [1.807, 2.05) is 24.3 Å². The molecule has 1 fully saturated rings. The summed E-state index contributed by atoms with van der Waals surface area (Å²) in [6.45, 7) is 8.54. The zero-order valence-electron chi connectivity index (χ0n) is 24.3. The second-order valence-corrected chi connectivity index (χ2v) is 13.6. The van der Waals surface area contributed by atoms with E-state index in [0.717, 1.165) is 38.1 Å². The van der Waals surface area contributed by atoms with Gasteiger partial charge in [-0.2, -0.15) is 4.98 Å². The number of hydrogen-bond donors (Lipinski definition) is 3. The van der Waals surface area contributed by atoms with E-state index in [0.29, 0.717) is 23.4 Å². The van der Waals surface area contributed by atoms with Gasteiger partial charge in [0.25, 0.3) is 5.91 Å². The molecule has 0 unspecified atom stereocenters. The fraction of sp³-hybridized carbons (Fsp3) is 0.333. The third-order valence-electron chi connectivity index (χ3n) is 7.32. The number of para-hydroxylation sites is 2. The fourth-order valence-electron chi connectivity index (χ4n) is 4.72. The van der Waals surface area contributed by atoms with Crippen LogP contribution in [0.3, 0.4) is 0 Å². The van der Waals surface area contributed by atoms with E-state index in [9.17, 15) is 13.2 Å². The Morgan fingerprint density at radius 3 is 2.47 bits per heavy atom. The van der Waals surface area contributed by atoms with Crippen LogP contribution < -0.4 is 16.0 Å². The van der Waals surface area contributed by atoms with E-state index >= 15 is 0 Å². The van der Waals surface area contributed by atoms with Gasteiger partial charge in [-0.15, -0.1) is 0 Å². The van der Waals surface area contributed by atoms with E-state index in [2.05, 4.69) is 47.7 Å². The standard InChI is InChI=1S/C30H35ClN8O3S/c1-20(2)43(41,42)27-11-7-6-10-24(27)35-28-22(31)19-33-30(37-28)36-25-18-26(34-23-9-5-4-8-21(23)25)29(40)32-12-13-39-16-14-38(3)15-17-39/h4-11,18-20H,12-17H2,1-3H3,(H,32,40)(H2,33,34,35,36,37). The van der Waals surface area contributed by atoms with Gasteiger partial charge in [-0.25, -0.2) is 18.4 Å². The summed E-state index contributed by atoms with van der Waals surface area (Å²) in [6.07, 6.45) is 1.42. The fourth-order valence-corrected chi connectivity index (χ4v) is 6.06. The van der Waals surface area contributed by atoms with Crippen molar-refractivity contribution < 1.29 is 13.2 Å². The molecule has 4 aromatic rings. The van der Waals surface area contributed by atoms with Gasteiger partial charge in [-0.05, 0) is 45.2 Å². The summed E-state index contributed by atoms with van der Waals surface area (Å²) in [5, 5.41) is 9.63. The molecule has 43 heavy (non-hydrogen) atoms. The molecule has 3 N–H and O–H groups in total. The number of amides is 1. The van der Waals surface area contributed by atoms with Gasteiger partial charge in [-0.3, -0.25) is 9.69 Å². The number of fused-ring (bicyclic) bond motifs is 1. The molecule has 13 heteroatoms. The molecule has 0 atom stereocenters. The topological polar surface area (TPSA) is 132 Å². The van der Waals surface area contributed by atoms with E-state index < -0.39 is 15.1 Å². The van der Waals surface area contributed by atoms with E-state index in [1.54, 1.807) is 44.2 Å². The summed E-state index contributed by atoms with van der Waals surface area (Å²) < 4.78 is 25.9. The second-order valence-electron chi connectivity index (χ2n) is 10.7. The Hall–Kier alpha value is -3.84. The molecule has 0 spiro atoms. The quantitative estimate of drug-likeness (QED) is 0.235. The minimum Gasteiger partial charge on any atom is -0.349 e. The van der Waals surface area contributed by atoms with Crippen molar-refractivity contribution in [2.24, 2.45) is 0 Å². The molecule has 1 aliphatic heterocycles. The Bertz CT molecular complexity index is 1730. The lowest BCUT2D eigenvalue weighted by molar-refractivity contribution is 0.0936. The van der Waals surface area contributed by atoms with Crippen LogP contribution in [0.4, 0.5) is 23.1 Å². The van der Waals surface area contributed by atoms with Crippen LogP contribution in [0.15, 0.2) is 65.7 Å². The smallest absolute Gasteiger partial charge is 0.270 e. The number of nitrogens with zero attached hydrogens (tertiary/aromatic N) is 5. The lowest BCUT2D eigenvalue weighted by Crippen LogP contribution is -2.46. The van der Waals surface area contributed by atoms with Crippen molar-refractivity contribution in [3.8, 4) is 0 Å². The van der Waals surface area contributed by atoms with E-state index in [1.165, 1.54) is 6.20 Å². The van der Waals surface area contributed by atoms with Crippen molar-refractivity contribution in [1.29, 1.82) is 0 Å². The number of nitrogens with one attached hydrogen (secondary N) is 3. The first-order chi connectivity index (χ1) is 20.6. The normalized spacial score (nSPS) is 14.6. The molecule has 5 rings (SSSR count). The molecule has 0 saturated carbocycles. The number of hydrogen-bond acceptors (Lipinski definition) is 10. The molecular formula is C30H35ClN8O3S. The number of halogens is 1. The van der Waals surface area contributed by atoms with Gasteiger partial charge in [0.05, 0.1) is 33.2 Å². The Balaban J connectivity index is 1.37. The van der Waals surface area contributed by atoms with Crippen LogP contribution in [0.25, 0.3) is 10.9 Å². The number of rotatable bonds is 10. The van der Waals surface area contributed by atoms with Gasteiger partial charge in [0, 0.05) is 44.7 Å². The molecule has 2 aromatic heterocycles. The lowest BCUT2D eigenvalue weighted by atomic mass is 10.1. The predicted octanol–water partition coefficient (Wildman–Crippen LogP) is 4.32. The van der Waals surface area contributed by atoms with Gasteiger partial charge < -0.3 is 20.9 Å². The van der Waals surface area contributed by atoms with Crippen LogP contribution in [0, 0.1) is 0 Å². The number of piperazine rings is 1. The van der Waals surface area contributed by atoms with Gasteiger partial charge in [0.2, 0.25) is 5.95 Å². The SMILES string of the molecule is CC(C)S(=O)(=O)c1ccccc1Nc1nc(Nc2cc(C(=O)NCCN3CCN(C)CC3)nc3ccccc23)ncc1Cl. The van der Waals surface area contributed by atoms with Crippen LogP contribution in [-0.4, -0.2) is 90.6 Å². The van der Waals surface area contributed by atoms with Gasteiger partial charge >= 0.3 is 0 Å². The Morgan fingerprint density at radius 1 is 0.977 bits per heavy atom. The number of likely N-dealkylation sites (N-methyl/N-ethyl adjacent to an activating group) is 1. The number of carbonyl (C=O) groups is 1. The molecule has 2 aromatic carbocycles. The number of carbonyl (C=O) groups excluding carboxylic acids is 1. The zero-order chi connectivity index (χ0) is 30.6. The number of benzene rings is 2. The minimum absolute atomic E-state index is 0.151. The summed E-state index contributed by atoms with van der Waals surface area (Å²) in [4.78, 5) is 31.3. The number of pyridine rings is 1. The van der Waals surface area contributed by atoms with Gasteiger partial charge in [-0.1, -0.05) is 41.9 Å². The second kappa shape index (κ2) is 13.2. The highest BCUT2D eigenvalue weighted by molar-refractivity contribution is 7.92. The summed E-state index contributed by atoms with van der Waals surface area (Å²) >= 11 is 6.42. The molecule has 3 heterocycles. The summed E-state index contributed by atoms with van der Waals surface area (Å²) in [5.74, 6) is 0.157. The van der Waals surface area contributed by atoms with Crippen LogP contribution in [-0.2, 0) is 9.84 Å². The molecule has 1 saturated heterocycles. The van der Waals surface area contributed by atoms with Gasteiger partial charge in [0.1, 0.15) is 10.7 Å². The van der Waals surface area contributed by atoms with Crippen LogP contribution in [0.1, 0.15) is 24.3 Å². The number of anilines is 4. The monoisotopic (exact) mass is 622 g/mol. The molecule has 0 aliphatic carbocycles. The maximum Gasteiger partial charge on any atom is 0.270 e. The molecular weight excluding hydrogens is 588 g/mol. The Labute approximate surface area is 256 Å². The van der Waals surface area contributed by atoms with Crippen LogP contribution in [0.2, 0.25) is 5.02 Å². The largest absolute Gasteiger partial charge is 0.349 e. The Kier molecular flexibility index (Phi) is 9.40. The summed E-state index contributed by atoms with van der Waals surface area (Å²) in [6, 6.07) is 15.7. The predicted molar refractivity (Wildman–Crippen MR) is 170 cm³/mol. The average Bonchev–Trinajstić information content (AvgIpc) is 3.00. The zero-order valence-corrected chi connectivity index (χ0v) is 25.9. The highest BCUT2D eigenvalue weighted by Crippen LogP contribution is 2.31. The first kappa shape index (κ1) is 30.6. The third kappa shape index (κ3) is 7.21. The molecule has 226 valence electrons. The number of sulfone groups is 1. The molecule has 11 nitrogen and oxygen atoms in total. The van der Waals surface area contributed by atoms with E-state index in [-0.39, 0.29) is 33.3 Å². The van der Waals surface area contributed by atoms with Crippen molar-refractivity contribution in [3.05, 3.63) is 71.5 Å². The summed E-state index contributed by atoms with van der Waals surface area (Å²) in [7, 11) is -1.45. The van der Waals surface area contributed by atoms with Crippen molar-refractivity contribution in [2.75, 3.05) is 56.9 Å². The van der Waals surface area contributed by atoms with Gasteiger partial charge in [0.15, 0.2) is 15.7 Å². The first-order valence-corrected chi connectivity index (χ1v) is 16.0. The number of aromatic nitrogens is 3. The lowest BCUT2D eigenvalue weighted by Gasteiger charge is -2.32. The van der Waals surface area contributed by atoms with Crippen LogP contribution >= 0.6 is 11.6 Å². The third-order valence-corrected chi connectivity index (χ3v) is 9.80. The maximum atomic E-state index is 13.1. The first-order valence-electron chi connectivity index (χ1n) is 14.1. The summed E-state index contributed by atoms with van der Waals surface area (Å²) in [5.41, 5.74) is 1.84. The van der Waals surface area contributed by atoms with Crippen molar-refractivity contribution in [2.45, 2.75) is 24.0 Å². The maximum absolute atomic E-state index is 13.1.